The molecule has 0 bridgehead atoms. The van der Waals surface area contributed by atoms with E-state index in [2.05, 4.69) is 73.2 Å². The standard InChI is InChI=1S/C15H18BrNS/c1-9-6-5-7-14(15(9)16)17-11(3)13-8-10(2)18-12(13)4/h5-8,11,17H,1-4H3. The third kappa shape index (κ3) is 2.78. The molecule has 1 heterocycles. The molecule has 0 spiro atoms. The van der Waals surface area contributed by atoms with Crippen molar-refractivity contribution >= 4 is 33.0 Å². The van der Waals surface area contributed by atoms with Crippen molar-refractivity contribution in [2.45, 2.75) is 33.7 Å². The molecule has 0 amide bonds. The molecule has 0 radical (unpaired) electrons. The quantitative estimate of drug-likeness (QED) is 0.774. The summed E-state index contributed by atoms with van der Waals surface area (Å²) in [6.45, 7) is 8.68. The SMILES string of the molecule is Cc1cc(C(C)Nc2cccc(C)c2Br)c(C)s1. The van der Waals surface area contributed by atoms with Crippen molar-refractivity contribution in [1.82, 2.24) is 0 Å². The van der Waals surface area contributed by atoms with Gasteiger partial charge in [0.1, 0.15) is 0 Å². The monoisotopic (exact) mass is 323 g/mol. The second-order valence-electron chi connectivity index (χ2n) is 4.67. The van der Waals surface area contributed by atoms with Crippen LogP contribution in [-0.2, 0) is 0 Å². The van der Waals surface area contributed by atoms with Crippen molar-refractivity contribution in [1.29, 1.82) is 0 Å². The Kier molecular flexibility index (Phi) is 4.13. The highest BCUT2D eigenvalue weighted by atomic mass is 79.9. The number of hydrogen-bond acceptors (Lipinski definition) is 2. The first kappa shape index (κ1) is 13.6. The molecule has 96 valence electrons. The van der Waals surface area contributed by atoms with E-state index in [1.165, 1.54) is 20.9 Å². The molecule has 0 aliphatic carbocycles. The molecule has 1 unspecified atom stereocenters. The van der Waals surface area contributed by atoms with Gasteiger partial charge in [-0.2, -0.15) is 0 Å². The highest BCUT2D eigenvalue weighted by molar-refractivity contribution is 9.10. The molecule has 1 atom stereocenters. The fourth-order valence-electron chi connectivity index (χ4n) is 2.15. The Morgan fingerprint density at radius 3 is 2.56 bits per heavy atom. The average Bonchev–Trinajstić information content (AvgIpc) is 2.64. The molecule has 0 fully saturated rings. The fraction of sp³-hybridized carbons (Fsp3) is 0.333. The zero-order valence-electron chi connectivity index (χ0n) is 11.2. The van der Waals surface area contributed by atoms with Crippen molar-refractivity contribution < 1.29 is 0 Å². The van der Waals surface area contributed by atoms with Crippen molar-refractivity contribution in [3.63, 3.8) is 0 Å². The lowest BCUT2D eigenvalue weighted by atomic mass is 10.1. The summed E-state index contributed by atoms with van der Waals surface area (Å²) in [5, 5.41) is 3.58. The van der Waals surface area contributed by atoms with Gasteiger partial charge in [0, 0.05) is 26.0 Å². The predicted octanol–water partition coefficient (Wildman–Crippen LogP) is 5.61. The maximum Gasteiger partial charge on any atom is 0.0497 e. The third-order valence-electron chi connectivity index (χ3n) is 3.11. The van der Waals surface area contributed by atoms with Gasteiger partial charge >= 0.3 is 0 Å². The summed E-state index contributed by atoms with van der Waals surface area (Å²) in [6.07, 6.45) is 0. The van der Waals surface area contributed by atoms with Crippen LogP contribution in [0, 0.1) is 20.8 Å². The van der Waals surface area contributed by atoms with Crippen molar-refractivity contribution in [2.75, 3.05) is 5.32 Å². The van der Waals surface area contributed by atoms with Crippen LogP contribution >= 0.6 is 27.3 Å². The Labute approximate surface area is 121 Å². The molecule has 0 aliphatic rings. The van der Waals surface area contributed by atoms with E-state index in [0.29, 0.717) is 6.04 Å². The number of aryl methyl sites for hydroxylation is 3. The molecule has 3 heteroatoms. The normalized spacial score (nSPS) is 12.5. The maximum atomic E-state index is 3.65. The van der Waals surface area contributed by atoms with Gasteiger partial charge in [0.15, 0.2) is 0 Å². The Balaban J connectivity index is 2.24. The average molecular weight is 324 g/mol. The highest BCUT2D eigenvalue weighted by Crippen LogP contribution is 2.32. The summed E-state index contributed by atoms with van der Waals surface area (Å²) in [4.78, 5) is 2.77. The molecule has 18 heavy (non-hydrogen) atoms. The van der Waals surface area contributed by atoms with E-state index < -0.39 is 0 Å². The van der Waals surface area contributed by atoms with Crippen molar-refractivity contribution in [2.24, 2.45) is 0 Å². The molecular formula is C15H18BrNS. The number of hydrogen-bond donors (Lipinski definition) is 1. The van der Waals surface area contributed by atoms with Gasteiger partial charge in [0.25, 0.3) is 0 Å². The smallest absolute Gasteiger partial charge is 0.0497 e. The molecule has 1 nitrogen and oxygen atoms in total. The van der Waals surface area contributed by atoms with Crippen LogP contribution < -0.4 is 5.32 Å². The Morgan fingerprint density at radius 1 is 1.22 bits per heavy atom. The van der Waals surface area contributed by atoms with E-state index in [1.54, 1.807) is 0 Å². The van der Waals surface area contributed by atoms with Gasteiger partial charge in [0.2, 0.25) is 0 Å². The molecule has 2 aromatic rings. The minimum Gasteiger partial charge on any atom is -0.378 e. The predicted molar refractivity (Wildman–Crippen MR) is 84.7 cm³/mol. The van der Waals surface area contributed by atoms with Crippen LogP contribution in [0.25, 0.3) is 0 Å². The van der Waals surface area contributed by atoms with Gasteiger partial charge < -0.3 is 5.32 Å². The number of anilines is 1. The largest absolute Gasteiger partial charge is 0.378 e. The van der Waals surface area contributed by atoms with Crippen LogP contribution in [0.5, 0.6) is 0 Å². The van der Waals surface area contributed by atoms with Gasteiger partial charge in [0.05, 0.1) is 0 Å². The van der Waals surface area contributed by atoms with E-state index in [4.69, 9.17) is 0 Å². The second-order valence-corrected chi connectivity index (χ2v) is 6.92. The van der Waals surface area contributed by atoms with Gasteiger partial charge in [-0.3, -0.25) is 0 Å². The third-order valence-corrected chi connectivity index (χ3v) is 5.14. The van der Waals surface area contributed by atoms with Gasteiger partial charge in [-0.05, 0) is 66.9 Å². The maximum absolute atomic E-state index is 3.65. The van der Waals surface area contributed by atoms with E-state index in [9.17, 15) is 0 Å². The zero-order chi connectivity index (χ0) is 13.3. The molecular weight excluding hydrogens is 306 g/mol. The molecule has 1 aromatic heterocycles. The van der Waals surface area contributed by atoms with Crippen molar-refractivity contribution in [3.8, 4) is 0 Å². The van der Waals surface area contributed by atoms with E-state index in [1.807, 2.05) is 11.3 Å². The lowest BCUT2D eigenvalue weighted by molar-refractivity contribution is 0.880. The van der Waals surface area contributed by atoms with E-state index >= 15 is 0 Å². The van der Waals surface area contributed by atoms with E-state index in [-0.39, 0.29) is 0 Å². The number of rotatable bonds is 3. The van der Waals surface area contributed by atoms with Gasteiger partial charge in [-0.1, -0.05) is 12.1 Å². The summed E-state index contributed by atoms with van der Waals surface area (Å²) in [7, 11) is 0. The molecule has 1 N–H and O–H groups in total. The lowest BCUT2D eigenvalue weighted by Gasteiger charge is -2.17. The van der Waals surface area contributed by atoms with Crippen LogP contribution in [0.3, 0.4) is 0 Å². The number of thiophene rings is 1. The summed E-state index contributed by atoms with van der Waals surface area (Å²) >= 11 is 5.51. The van der Waals surface area contributed by atoms with Crippen LogP contribution in [0.2, 0.25) is 0 Å². The van der Waals surface area contributed by atoms with Crippen molar-refractivity contribution in [3.05, 3.63) is 49.6 Å². The Bertz CT molecular complexity index is 560. The molecule has 0 saturated heterocycles. The number of nitrogens with one attached hydrogen (secondary N) is 1. The summed E-state index contributed by atoms with van der Waals surface area (Å²) in [5.41, 5.74) is 3.81. The second kappa shape index (κ2) is 5.45. The first-order valence-corrected chi connectivity index (χ1v) is 7.68. The number of benzene rings is 1. The van der Waals surface area contributed by atoms with Gasteiger partial charge in [-0.15, -0.1) is 11.3 Å². The fourth-order valence-corrected chi connectivity index (χ4v) is 3.55. The lowest BCUT2D eigenvalue weighted by Crippen LogP contribution is -2.07. The van der Waals surface area contributed by atoms with Crippen LogP contribution in [0.4, 0.5) is 5.69 Å². The summed E-state index contributed by atoms with van der Waals surface area (Å²) < 4.78 is 1.15. The van der Waals surface area contributed by atoms with Crippen LogP contribution in [0.1, 0.15) is 33.8 Å². The molecule has 0 saturated carbocycles. The molecule has 1 aromatic carbocycles. The van der Waals surface area contributed by atoms with Crippen LogP contribution in [0.15, 0.2) is 28.7 Å². The Hall–Kier alpha value is -0.800. The molecule has 2 rings (SSSR count). The van der Waals surface area contributed by atoms with E-state index in [0.717, 1.165) is 10.2 Å². The Morgan fingerprint density at radius 2 is 1.94 bits per heavy atom. The first-order chi connectivity index (χ1) is 8.49. The first-order valence-electron chi connectivity index (χ1n) is 6.07. The number of halogens is 1. The van der Waals surface area contributed by atoms with Crippen LogP contribution in [-0.4, -0.2) is 0 Å². The summed E-state index contributed by atoms with van der Waals surface area (Å²) in [6, 6.07) is 8.91. The minimum absolute atomic E-state index is 0.327. The summed E-state index contributed by atoms with van der Waals surface area (Å²) in [5.74, 6) is 0. The molecule has 0 aliphatic heterocycles. The highest BCUT2D eigenvalue weighted by Gasteiger charge is 2.12. The topological polar surface area (TPSA) is 12.0 Å². The minimum atomic E-state index is 0.327. The zero-order valence-corrected chi connectivity index (χ0v) is 13.6. The van der Waals surface area contributed by atoms with Gasteiger partial charge in [-0.25, -0.2) is 0 Å².